The van der Waals surface area contributed by atoms with Crippen molar-refractivity contribution in [3.63, 3.8) is 0 Å². The maximum Gasteiger partial charge on any atom is 0.262 e. The smallest absolute Gasteiger partial charge is 0.262 e. The molecule has 2 rings (SSSR count). The van der Waals surface area contributed by atoms with Crippen molar-refractivity contribution in [2.24, 2.45) is 0 Å². The molecule has 1 saturated heterocycles. The lowest BCUT2D eigenvalue weighted by Crippen LogP contribution is -2.35. The molecular weight excluding hydrogens is 337 g/mol. The van der Waals surface area contributed by atoms with Crippen LogP contribution in [-0.4, -0.2) is 33.6 Å². The van der Waals surface area contributed by atoms with Gasteiger partial charge in [-0.15, -0.1) is 0 Å². The van der Waals surface area contributed by atoms with Crippen LogP contribution in [0.1, 0.15) is 29.6 Å². The fraction of sp³-hybridized carbons (Fsp3) is 0.462. The van der Waals surface area contributed by atoms with E-state index in [9.17, 15) is 13.2 Å². The van der Waals surface area contributed by atoms with Gasteiger partial charge in [-0.1, -0.05) is 11.6 Å². The van der Waals surface area contributed by atoms with Crippen molar-refractivity contribution in [1.82, 2.24) is 5.32 Å². The number of benzene rings is 1. The molecule has 1 unspecified atom stereocenters. The molecule has 1 aliphatic rings. The van der Waals surface area contributed by atoms with Crippen molar-refractivity contribution >= 4 is 37.2 Å². The van der Waals surface area contributed by atoms with Crippen molar-refractivity contribution in [3.8, 4) is 0 Å². The molecule has 0 aliphatic carbocycles. The first-order valence-electron chi connectivity index (χ1n) is 6.52. The fourth-order valence-corrected chi connectivity index (χ4v) is 3.60. The molecule has 21 heavy (non-hydrogen) atoms. The molecule has 1 aromatic carbocycles. The van der Waals surface area contributed by atoms with Crippen molar-refractivity contribution in [3.05, 3.63) is 28.8 Å². The second-order valence-electron chi connectivity index (χ2n) is 4.78. The maximum atomic E-state index is 12.0. The first-order valence-corrected chi connectivity index (χ1v) is 9.20. The Labute approximate surface area is 133 Å². The Morgan fingerprint density at radius 1 is 1.38 bits per heavy atom. The summed E-state index contributed by atoms with van der Waals surface area (Å²) in [6, 6.07) is 3.95. The molecule has 8 heteroatoms. The number of nitrogens with one attached hydrogen (secondary N) is 1. The average Bonchev–Trinajstić information content (AvgIpc) is 2.45. The van der Waals surface area contributed by atoms with Crippen LogP contribution in [-0.2, 0) is 13.8 Å². The predicted octanol–water partition coefficient (Wildman–Crippen LogP) is 2.57. The molecule has 116 valence electrons. The third-order valence-corrected chi connectivity index (χ3v) is 5.02. The van der Waals surface area contributed by atoms with Gasteiger partial charge < -0.3 is 10.1 Å². The molecule has 0 aromatic heterocycles. The second kappa shape index (κ2) is 6.96. The highest BCUT2D eigenvalue weighted by Gasteiger charge is 2.19. The highest BCUT2D eigenvalue weighted by Crippen LogP contribution is 2.25. The number of ether oxygens (including phenoxy) is 1. The molecule has 1 amide bonds. The molecule has 0 saturated carbocycles. The summed E-state index contributed by atoms with van der Waals surface area (Å²) in [5.74, 6) is -0.387. The van der Waals surface area contributed by atoms with Gasteiger partial charge in [0.15, 0.2) is 0 Å². The van der Waals surface area contributed by atoms with E-state index in [1.807, 2.05) is 0 Å². The zero-order valence-electron chi connectivity index (χ0n) is 11.1. The van der Waals surface area contributed by atoms with Gasteiger partial charge in [-0.2, -0.15) is 0 Å². The summed E-state index contributed by atoms with van der Waals surface area (Å²) >= 11 is 5.77. The van der Waals surface area contributed by atoms with E-state index in [4.69, 9.17) is 27.0 Å². The molecule has 0 bridgehead atoms. The third kappa shape index (κ3) is 4.57. The van der Waals surface area contributed by atoms with Crippen LogP contribution in [0.25, 0.3) is 0 Å². The minimum Gasteiger partial charge on any atom is -0.376 e. The largest absolute Gasteiger partial charge is 0.376 e. The molecule has 5 nitrogen and oxygen atoms in total. The lowest BCUT2D eigenvalue weighted by Gasteiger charge is -2.22. The van der Waals surface area contributed by atoms with Crippen LogP contribution in [0.15, 0.2) is 23.1 Å². The summed E-state index contributed by atoms with van der Waals surface area (Å²) in [7, 11) is 1.29. The number of rotatable bonds is 4. The van der Waals surface area contributed by atoms with Gasteiger partial charge in [0.25, 0.3) is 15.0 Å². The summed E-state index contributed by atoms with van der Waals surface area (Å²) in [5, 5.41) is 2.71. The summed E-state index contributed by atoms with van der Waals surface area (Å²) in [6.45, 7) is 1.10. The van der Waals surface area contributed by atoms with E-state index in [-0.39, 0.29) is 27.5 Å². The first kappa shape index (κ1) is 16.5. The van der Waals surface area contributed by atoms with Crippen LogP contribution in [0.5, 0.6) is 0 Å². The van der Waals surface area contributed by atoms with Crippen molar-refractivity contribution in [2.45, 2.75) is 30.3 Å². The number of carbonyl (C=O) groups excluding carboxylic acids is 1. The van der Waals surface area contributed by atoms with Crippen molar-refractivity contribution in [2.75, 3.05) is 13.2 Å². The summed E-state index contributed by atoms with van der Waals surface area (Å²) in [5.41, 5.74) is 0.189. The lowest BCUT2D eigenvalue weighted by atomic mass is 10.1. The molecule has 1 aromatic rings. The zero-order chi connectivity index (χ0) is 15.5. The topological polar surface area (TPSA) is 72.5 Å². The molecule has 0 spiro atoms. The Hall–Kier alpha value is -0.820. The second-order valence-corrected chi connectivity index (χ2v) is 7.72. The van der Waals surface area contributed by atoms with Gasteiger partial charge in [-0.05, 0) is 37.5 Å². The van der Waals surface area contributed by atoms with Gasteiger partial charge >= 0.3 is 0 Å². The zero-order valence-corrected chi connectivity index (χ0v) is 13.5. The molecule has 1 N–H and O–H groups in total. The maximum absolute atomic E-state index is 12.0. The van der Waals surface area contributed by atoms with Gasteiger partial charge in [0.2, 0.25) is 0 Å². The molecule has 1 heterocycles. The van der Waals surface area contributed by atoms with E-state index >= 15 is 0 Å². The van der Waals surface area contributed by atoms with E-state index in [1.54, 1.807) is 0 Å². The Bertz CT molecular complexity index is 627. The first-order chi connectivity index (χ1) is 9.88. The molecule has 1 atom stereocenters. The number of amides is 1. The highest BCUT2D eigenvalue weighted by atomic mass is 35.7. The normalized spacial score (nSPS) is 19.2. The Kier molecular flexibility index (Phi) is 5.48. The van der Waals surface area contributed by atoms with Crippen LogP contribution in [0, 0.1) is 0 Å². The van der Waals surface area contributed by atoms with Crippen LogP contribution in [0.3, 0.4) is 0 Å². The monoisotopic (exact) mass is 351 g/mol. The van der Waals surface area contributed by atoms with Gasteiger partial charge in [0, 0.05) is 29.4 Å². The Balaban J connectivity index is 2.05. The highest BCUT2D eigenvalue weighted by molar-refractivity contribution is 8.13. The average molecular weight is 352 g/mol. The minimum atomic E-state index is -3.99. The third-order valence-electron chi connectivity index (χ3n) is 3.22. The van der Waals surface area contributed by atoms with Crippen LogP contribution < -0.4 is 5.32 Å². The summed E-state index contributed by atoms with van der Waals surface area (Å²) < 4.78 is 28.2. The van der Waals surface area contributed by atoms with Crippen molar-refractivity contribution in [1.29, 1.82) is 0 Å². The van der Waals surface area contributed by atoms with E-state index in [1.165, 1.54) is 18.2 Å². The van der Waals surface area contributed by atoms with Crippen LogP contribution >= 0.6 is 22.3 Å². The fourth-order valence-electron chi connectivity index (χ4n) is 2.11. The Morgan fingerprint density at radius 2 is 2.14 bits per heavy atom. The van der Waals surface area contributed by atoms with Crippen LogP contribution in [0.2, 0.25) is 5.02 Å². The van der Waals surface area contributed by atoms with E-state index < -0.39 is 9.05 Å². The Morgan fingerprint density at radius 3 is 2.76 bits per heavy atom. The van der Waals surface area contributed by atoms with Gasteiger partial charge in [0.1, 0.15) is 4.90 Å². The number of hydrogen-bond donors (Lipinski definition) is 1. The number of hydrogen-bond acceptors (Lipinski definition) is 4. The van der Waals surface area contributed by atoms with Gasteiger partial charge in [-0.25, -0.2) is 8.42 Å². The summed E-state index contributed by atoms with van der Waals surface area (Å²) in [6.07, 6.45) is 3.03. The molecule has 1 fully saturated rings. The molecule has 0 radical (unpaired) electrons. The van der Waals surface area contributed by atoms with Crippen molar-refractivity contribution < 1.29 is 17.9 Å². The standard InChI is InChI=1S/C13H15Cl2NO4S/c14-11-5-4-9(7-12(11)21(15,18)19)13(17)16-8-10-3-1-2-6-20-10/h4-5,7,10H,1-3,6,8H2,(H,16,17). The van der Waals surface area contributed by atoms with E-state index in [0.717, 1.165) is 19.3 Å². The van der Waals surface area contributed by atoms with E-state index in [0.29, 0.717) is 13.2 Å². The SMILES string of the molecule is O=C(NCC1CCCCO1)c1ccc(Cl)c(S(=O)(=O)Cl)c1. The quantitative estimate of drug-likeness (QED) is 0.846. The van der Waals surface area contributed by atoms with Gasteiger partial charge in [0.05, 0.1) is 11.1 Å². The predicted molar refractivity (Wildman–Crippen MR) is 80.4 cm³/mol. The lowest BCUT2D eigenvalue weighted by molar-refractivity contribution is 0.0169. The summed E-state index contributed by atoms with van der Waals surface area (Å²) in [4.78, 5) is 11.8. The number of carbonyl (C=O) groups is 1. The van der Waals surface area contributed by atoms with Crippen LogP contribution in [0.4, 0.5) is 0 Å². The van der Waals surface area contributed by atoms with E-state index in [2.05, 4.69) is 5.32 Å². The number of halogens is 2. The molecular formula is C13H15Cl2NO4S. The molecule has 1 aliphatic heterocycles. The minimum absolute atomic E-state index is 0.00577. The van der Waals surface area contributed by atoms with Gasteiger partial charge in [-0.3, -0.25) is 4.79 Å².